The number of hydrogen-bond donors (Lipinski definition) is 0. The lowest BCUT2D eigenvalue weighted by atomic mass is 10.3. The fraction of sp³-hybridized carbons (Fsp3) is 0.125. The van der Waals surface area contributed by atoms with Gasteiger partial charge in [0, 0.05) is 18.6 Å². The molecular formula is C8H7BrN2. The monoisotopic (exact) mass is 210 g/mol. The third kappa shape index (κ3) is 1.05. The van der Waals surface area contributed by atoms with E-state index in [0.29, 0.717) is 0 Å². The SMILES string of the molecule is Cn1ccc2ccc(Br)nc21. The number of nitrogens with zero attached hydrogens (tertiary/aromatic N) is 2. The molecular weight excluding hydrogens is 204 g/mol. The Balaban J connectivity index is 2.87. The van der Waals surface area contributed by atoms with Gasteiger partial charge in [0.25, 0.3) is 0 Å². The second kappa shape index (κ2) is 2.34. The van der Waals surface area contributed by atoms with Crippen molar-refractivity contribution in [2.24, 2.45) is 7.05 Å². The highest BCUT2D eigenvalue weighted by atomic mass is 79.9. The molecule has 0 bridgehead atoms. The maximum atomic E-state index is 4.31. The first-order chi connectivity index (χ1) is 5.27. The molecule has 0 amide bonds. The van der Waals surface area contributed by atoms with E-state index in [0.717, 1.165) is 10.3 Å². The van der Waals surface area contributed by atoms with Crippen LogP contribution in [-0.2, 0) is 7.05 Å². The number of halogens is 1. The van der Waals surface area contributed by atoms with Gasteiger partial charge in [-0.3, -0.25) is 0 Å². The van der Waals surface area contributed by atoms with E-state index in [4.69, 9.17) is 0 Å². The van der Waals surface area contributed by atoms with E-state index in [1.165, 1.54) is 5.39 Å². The van der Waals surface area contributed by atoms with E-state index >= 15 is 0 Å². The molecule has 0 aliphatic carbocycles. The lowest BCUT2D eigenvalue weighted by Crippen LogP contribution is -1.87. The van der Waals surface area contributed by atoms with E-state index in [9.17, 15) is 0 Å². The lowest BCUT2D eigenvalue weighted by Gasteiger charge is -1.94. The van der Waals surface area contributed by atoms with Crippen LogP contribution in [0, 0.1) is 0 Å². The van der Waals surface area contributed by atoms with Crippen LogP contribution in [0.4, 0.5) is 0 Å². The smallest absolute Gasteiger partial charge is 0.140 e. The number of hydrogen-bond acceptors (Lipinski definition) is 1. The Kier molecular flexibility index (Phi) is 1.46. The Bertz CT molecular complexity index is 392. The Morgan fingerprint density at radius 3 is 3.00 bits per heavy atom. The molecule has 11 heavy (non-hydrogen) atoms. The molecule has 3 heteroatoms. The Morgan fingerprint density at radius 1 is 1.36 bits per heavy atom. The third-order valence-electron chi connectivity index (χ3n) is 1.68. The molecule has 0 spiro atoms. The molecule has 2 rings (SSSR count). The molecule has 2 aromatic heterocycles. The molecule has 2 nitrogen and oxygen atoms in total. The summed E-state index contributed by atoms with van der Waals surface area (Å²) in [5, 5.41) is 1.18. The van der Waals surface area contributed by atoms with Crippen LogP contribution in [0.25, 0.3) is 11.0 Å². The van der Waals surface area contributed by atoms with Gasteiger partial charge in [-0.05, 0) is 34.1 Å². The highest BCUT2D eigenvalue weighted by Crippen LogP contribution is 2.15. The van der Waals surface area contributed by atoms with Gasteiger partial charge in [-0.1, -0.05) is 0 Å². The minimum absolute atomic E-state index is 0.881. The summed E-state index contributed by atoms with van der Waals surface area (Å²) in [4.78, 5) is 4.31. The van der Waals surface area contributed by atoms with E-state index < -0.39 is 0 Å². The Labute approximate surface area is 73.0 Å². The van der Waals surface area contributed by atoms with Crippen LogP contribution in [0.5, 0.6) is 0 Å². The number of aryl methyl sites for hydroxylation is 1. The normalized spacial score (nSPS) is 10.7. The van der Waals surface area contributed by atoms with Gasteiger partial charge < -0.3 is 4.57 Å². The van der Waals surface area contributed by atoms with Crippen molar-refractivity contribution in [1.82, 2.24) is 9.55 Å². The van der Waals surface area contributed by atoms with E-state index in [-0.39, 0.29) is 0 Å². The van der Waals surface area contributed by atoms with Gasteiger partial charge in [0.1, 0.15) is 10.3 Å². The van der Waals surface area contributed by atoms with Crippen LogP contribution in [0.3, 0.4) is 0 Å². The second-order valence-electron chi connectivity index (χ2n) is 2.47. The Morgan fingerprint density at radius 2 is 2.18 bits per heavy atom. The van der Waals surface area contributed by atoms with Crippen molar-refractivity contribution in [2.45, 2.75) is 0 Å². The summed E-state index contributed by atoms with van der Waals surface area (Å²) in [6.45, 7) is 0. The molecule has 0 aliphatic heterocycles. The maximum Gasteiger partial charge on any atom is 0.140 e. The molecule has 0 unspecified atom stereocenters. The topological polar surface area (TPSA) is 17.8 Å². The van der Waals surface area contributed by atoms with E-state index in [2.05, 4.69) is 27.0 Å². The molecule has 2 aromatic rings. The minimum atomic E-state index is 0.881. The largest absolute Gasteiger partial charge is 0.336 e. The first kappa shape index (κ1) is 6.85. The summed E-state index contributed by atoms with van der Waals surface area (Å²) in [5.74, 6) is 0. The van der Waals surface area contributed by atoms with Crippen molar-refractivity contribution in [1.29, 1.82) is 0 Å². The van der Waals surface area contributed by atoms with Crippen molar-refractivity contribution < 1.29 is 0 Å². The fourth-order valence-electron chi connectivity index (χ4n) is 1.11. The molecule has 0 aliphatic rings. The highest BCUT2D eigenvalue weighted by molar-refractivity contribution is 9.10. The number of fused-ring (bicyclic) bond motifs is 1. The predicted molar refractivity (Wildman–Crippen MR) is 48.4 cm³/mol. The number of rotatable bonds is 0. The summed E-state index contributed by atoms with van der Waals surface area (Å²) in [5.41, 5.74) is 1.01. The molecule has 0 radical (unpaired) electrons. The molecule has 0 atom stereocenters. The Hall–Kier alpha value is -0.830. The summed E-state index contributed by atoms with van der Waals surface area (Å²) in [7, 11) is 1.99. The van der Waals surface area contributed by atoms with Crippen molar-refractivity contribution in [2.75, 3.05) is 0 Å². The molecule has 0 saturated carbocycles. The van der Waals surface area contributed by atoms with Crippen LogP contribution in [0.2, 0.25) is 0 Å². The van der Waals surface area contributed by atoms with Crippen LogP contribution in [0.1, 0.15) is 0 Å². The molecule has 56 valence electrons. The average Bonchev–Trinajstić information content (AvgIpc) is 2.33. The van der Waals surface area contributed by atoms with Crippen molar-refractivity contribution in [3.05, 3.63) is 29.0 Å². The van der Waals surface area contributed by atoms with Gasteiger partial charge in [0.2, 0.25) is 0 Å². The zero-order valence-electron chi connectivity index (χ0n) is 6.08. The van der Waals surface area contributed by atoms with Gasteiger partial charge in [0.15, 0.2) is 0 Å². The highest BCUT2D eigenvalue weighted by Gasteiger charge is 1.97. The van der Waals surface area contributed by atoms with Gasteiger partial charge in [-0.15, -0.1) is 0 Å². The molecule has 2 heterocycles. The molecule has 0 aromatic carbocycles. The fourth-order valence-corrected chi connectivity index (χ4v) is 1.41. The number of aromatic nitrogens is 2. The van der Waals surface area contributed by atoms with Crippen molar-refractivity contribution in [3.8, 4) is 0 Å². The predicted octanol–water partition coefficient (Wildman–Crippen LogP) is 2.34. The molecule has 0 N–H and O–H groups in total. The van der Waals surface area contributed by atoms with Crippen LogP contribution < -0.4 is 0 Å². The summed E-state index contributed by atoms with van der Waals surface area (Å²) in [6.07, 6.45) is 2.00. The van der Waals surface area contributed by atoms with Gasteiger partial charge in [-0.25, -0.2) is 4.98 Å². The van der Waals surface area contributed by atoms with Gasteiger partial charge in [-0.2, -0.15) is 0 Å². The van der Waals surface area contributed by atoms with E-state index in [1.807, 2.05) is 29.9 Å². The zero-order valence-corrected chi connectivity index (χ0v) is 7.67. The minimum Gasteiger partial charge on any atom is -0.336 e. The summed E-state index contributed by atoms with van der Waals surface area (Å²) in [6, 6.07) is 6.05. The first-order valence-corrected chi connectivity index (χ1v) is 4.14. The van der Waals surface area contributed by atoms with Crippen LogP contribution >= 0.6 is 15.9 Å². The first-order valence-electron chi connectivity index (χ1n) is 3.35. The van der Waals surface area contributed by atoms with Gasteiger partial charge in [0.05, 0.1) is 0 Å². The van der Waals surface area contributed by atoms with Crippen molar-refractivity contribution >= 4 is 27.0 Å². The average molecular weight is 211 g/mol. The molecule has 0 fully saturated rings. The zero-order chi connectivity index (χ0) is 7.84. The summed E-state index contributed by atoms with van der Waals surface area (Å²) < 4.78 is 2.88. The lowest BCUT2D eigenvalue weighted by molar-refractivity contribution is 0.946. The standard InChI is InChI=1S/C8H7BrN2/c1-11-5-4-6-2-3-7(9)10-8(6)11/h2-5H,1H3. The van der Waals surface area contributed by atoms with Crippen LogP contribution in [0.15, 0.2) is 29.0 Å². The summed E-state index contributed by atoms with van der Waals surface area (Å²) >= 11 is 3.33. The quantitative estimate of drug-likeness (QED) is 0.611. The molecule has 0 saturated heterocycles. The van der Waals surface area contributed by atoms with Crippen LogP contribution in [-0.4, -0.2) is 9.55 Å². The van der Waals surface area contributed by atoms with Crippen molar-refractivity contribution in [3.63, 3.8) is 0 Å². The third-order valence-corrected chi connectivity index (χ3v) is 2.12. The second-order valence-corrected chi connectivity index (χ2v) is 3.29. The number of pyridine rings is 1. The van der Waals surface area contributed by atoms with Gasteiger partial charge >= 0.3 is 0 Å². The van der Waals surface area contributed by atoms with E-state index in [1.54, 1.807) is 0 Å². The maximum absolute atomic E-state index is 4.31.